The fourth-order valence-electron chi connectivity index (χ4n) is 3.30. The first-order valence-corrected chi connectivity index (χ1v) is 11.4. The molecule has 1 heterocycles. The lowest BCUT2D eigenvalue weighted by Crippen LogP contribution is -2.43. The highest BCUT2D eigenvalue weighted by Crippen LogP contribution is 2.23. The lowest BCUT2D eigenvalue weighted by atomic mass is 10.0. The van der Waals surface area contributed by atoms with Crippen molar-refractivity contribution in [2.24, 2.45) is 10.9 Å². The Morgan fingerprint density at radius 2 is 2.07 bits per heavy atom. The molecule has 28 heavy (non-hydrogen) atoms. The van der Waals surface area contributed by atoms with Gasteiger partial charge >= 0.3 is 0 Å². The highest BCUT2D eigenvalue weighted by Gasteiger charge is 2.28. The molecular weight excluding hydrogens is 376 g/mol. The van der Waals surface area contributed by atoms with Gasteiger partial charge in [-0.25, -0.2) is 13.4 Å². The van der Waals surface area contributed by atoms with Crippen LogP contribution in [0.2, 0.25) is 0 Å². The zero-order chi connectivity index (χ0) is 20.6. The van der Waals surface area contributed by atoms with E-state index in [1.807, 2.05) is 26.0 Å². The molecule has 7 nitrogen and oxygen atoms in total. The summed E-state index contributed by atoms with van der Waals surface area (Å²) in [6.07, 6.45) is 2.02. The van der Waals surface area contributed by atoms with Crippen molar-refractivity contribution in [3.05, 3.63) is 29.8 Å². The fourth-order valence-corrected chi connectivity index (χ4v) is 4.89. The minimum Gasteiger partial charge on any atom is -0.383 e. The number of nitrogens with zero attached hydrogens (tertiary/aromatic N) is 2. The number of hydrogen-bond donors (Lipinski definition) is 2. The van der Waals surface area contributed by atoms with Crippen molar-refractivity contribution in [1.82, 2.24) is 14.9 Å². The summed E-state index contributed by atoms with van der Waals surface area (Å²) in [5.74, 6) is 1.13. The first-order chi connectivity index (χ1) is 13.4. The quantitative estimate of drug-likeness (QED) is 0.507. The number of methoxy groups -OCH3 is 1. The van der Waals surface area contributed by atoms with Crippen LogP contribution in [-0.2, 0) is 21.3 Å². The molecule has 2 N–H and O–H groups in total. The van der Waals surface area contributed by atoms with Crippen LogP contribution in [-0.4, -0.2) is 58.1 Å². The summed E-state index contributed by atoms with van der Waals surface area (Å²) in [4.78, 5) is 4.93. The van der Waals surface area contributed by atoms with E-state index in [9.17, 15) is 8.42 Å². The van der Waals surface area contributed by atoms with E-state index in [-0.39, 0.29) is 6.04 Å². The van der Waals surface area contributed by atoms with Crippen LogP contribution in [0.3, 0.4) is 0 Å². The van der Waals surface area contributed by atoms with Gasteiger partial charge in [-0.1, -0.05) is 19.1 Å². The molecule has 0 saturated carbocycles. The van der Waals surface area contributed by atoms with E-state index in [4.69, 9.17) is 4.74 Å². The van der Waals surface area contributed by atoms with Gasteiger partial charge in [0.05, 0.1) is 18.0 Å². The third kappa shape index (κ3) is 6.46. The smallest absolute Gasteiger partial charge is 0.243 e. The Morgan fingerprint density at radius 1 is 1.36 bits per heavy atom. The van der Waals surface area contributed by atoms with Gasteiger partial charge in [0, 0.05) is 32.8 Å². The molecule has 0 amide bonds. The minimum absolute atomic E-state index is 0.141. The largest absolute Gasteiger partial charge is 0.383 e. The molecule has 2 unspecified atom stereocenters. The fraction of sp³-hybridized carbons (Fsp3) is 0.650. The van der Waals surface area contributed by atoms with Crippen molar-refractivity contribution in [2.45, 2.75) is 51.1 Å². The summed E-state index contributed by atoms with van der Waals surface area (Å²) >= 11 is 0. The number of sulfonamides is 1. The minimum atomic E-state index is -3.41. The Kier molecular flexibility index (Phi) is 8.72. The van der Waals surface area contributed by atoms with Crippen LogP contribution in [0.1, 0.15) is 39.2 Å². The number of ether oxygens (including phenoxy) is 1. The molecule has 0 aromatic heterocycles. The molecule has 0 radical (unpaired) electrons. The predicted octanol–water partition coefficient (Wildman–Crippen LogP) is 2.20. The third-order valence-corrected chi connectivity index (χ3v) is 6.62. The average molecular weight is 411 g/mol. The third-order valence-electron chi connectivity index (χ3n) is 4.74. The summed E-state index contributed by atoms with van der Waals surface area (Å²) in [5, 5.41) is 6.49. The van der Waals surface area contributed by atoms with Crippen LogP contribution in [0.15, 0.2) is 34.2 Å². The molecule has 8 heteroatoms. The highest BCUT2D eigenvalue weighted by molar-refractivity contribution is 7.89. The van der Waals surface area contributed by atoms with E-state index >= 15 is 0 Å². The second-order valence-electron chi connectivity index (χ2n) is 7.45. The molecule has 2 atom stereocenters. The van der Waals surface area contributed by atoms with E-state index < -0.39 is 10.0 Å². The molecule has 0 aliphatic carbocycles. The van der Waals surface area contributed by atoms with Crippen LogP contribution >= 0.6 is 0 Å². The van der Waals surface area contributed by atoms with Gasteiger partial charge in [0.1, 0.15) is 0 Å². The van der Waals surface area contributed by atoms with Gasteiger partial charge in [-0.05, 0) is 50.3 Å². The molecule has 1 aliphatic heterocycles. The molecule has 1 aromatic rings. The van der Waals surface area contributed by atoms with Gasteiger partial charge < -0.3 is 15.4 Å². The number of hydrogen-bond acceptors (Lipinski definition) is 4. The monoisotopic (exact) mass is 410 g/mol. The number of piperidine rings is 1. The molecule has 1 aliphatic rings. The van der Waals surface area contributed by atoms with Crippen LogP contribution in [0.25, 0.3) is 0 Å². The maximum Gasteiger partial charge on any atom is 0.243 e. The predicted molar refractivity (Wildman–Crippen MR) is 113 cm³/mol. The Bertz CT molecular complexity index is 734. The van der Waals surface area contributed by atoms with E-state index in [1.54, 1.807) is 23.5 Å². The Morgan fingerprint density at radius 3 is 2.68 bits per heavy atom. The Hall–Kier alpha value is -1.64. The van der Waals surface area contributed by atoms with Crippen LogP contribution in [0.4, 0.5) is 0 Å². The Labute approximate surface area is 169 Å². The molecule has 0 spiro atoms. The molecular formula is C20H34N4O3S. The highest BCUT2D eigenvalue weighted by atomic mass is 32.2. The summed E-state index contributed by atoms with van der Waals surface area (Å²) in [5.41, 5.74) is 0.961. The number of benzene rings is 1. The molecule has 2 rings (SSSR count). The molecule has 1 aromatic carbocycles. The van der Waals surface area contributed by atoms with Crippen molar-refractivity contribution in [1.29, 1.82) is 0 Å². The maximum absolute atomic E-state index is 12.8. The van der Waals surface area contributed by atoms with E-state index in [1.165, 1.54) is 0 Å². The Balaban J connectivity index is 2.04. The molecule has 1 saturated heterocycles. The van der Waals surface area contributed by atoms with E-state index in [0.717, 1.165) is 24.9 Å². The summed E-state index contributed by atoms with van der Waals surface area (Å²) in [7, 11) is -1.75. The molecule has 1 fully saturated rings. The lowest BCUT2D eigenvalue weighted by Gasteiger charge is -2.30. The van der Waals surface area contributed by atoms with Crippen molar-refractivity contribution < 1.29 is 13.2 Å². The standard InChI is InChI=1S/C20H34N4O3S/c1-5-21-20(23-17(3)15-27-4)22-13-18-8-10-19(11-9-18)28(25,26)24-12-6-7-16(2)14-24/h8-11,16-17H,5-7,12-15H2,1-4H3,(H2,21,22,23). The zero-order valence-corrected chi connectivity index (χ0v) is 18.3. The number of rotatable bonds is 8. The molecule has 158 valence electrons. The van der Waals surface area contributed by atoms with Crippen LogP contribution in [0.5, 0.6) is 0 Å². The molecule has 0 bridgehead atoms. The van der Waals surface area contributed by atoms with Gasteiger partial charge in [-0.15, -0.1) is 0 Å². The first-order valence-electron chi connectivity index (χ1n) is 9.99. The average Bonchev–Trinajstić information content (AvgIpc) is 2.67. The van der Waals surface area contributed by atoms with Gasteiger partial charge in [-0.3, -0.25) is 0 Å². The number of nitrogens with one attached hydrogen (secondary N) is 2. The van der Waals surface area contributed by atoms with Crippen LogP contribution < -0.4 is 10.6 Å². The van der Waals surface area contributed by atoms with Gasteiger partial charge in [0.25, 0.3) is 0 Å². The summed E-state index contributed by atoms with van der Waals surface area (Å²) in [6, 6.07) is 7.20. The van der Waals surface area contributed by atoms with Crippen molar-refractivity contribution in [3.8, 4) is 0 Å². The van der Waals surface area contributed by atoms with Gasteiger partial charge in [0.15, 0.2) is 5.96 Å². The van der Waals surface area contributed by atoms with E-state index in [2.05, 4.69) is 22.5 Å². The topological polar surface area (TPSA) is 83.0 Å². The SMILES string of the molecule is CCNC(=NCc1ccc(S(=O)(=O)N2CCCC(C)C2)cc1)NC(C)COC. The second-order valence-corrected chi connectivity index (χ2v) is 9.39. The van der Waals surface area contributed by atoms with Crippen LogP contribution in [0, 0.1) is 5.92 Å². The number of guanidine groups is 1. The zero-order valence-electron chi connectivity index (χ0n) is 17.4. The van der Waals surface area contributed by atoms with E-state index in [0.29, 0.717) is 43.0 Å². The van der Waals surface area contributed by atoms with Gasteiger partial charge in [-0.2, -0.15) is 4.31 Å². The summed E-state index contributed by atoms with van der Waals surface area (Å²) < 4.78 is 32.4. The second kappa shape index (κ2) is 10.8. The normalized spacial score (nSPS) is 20.0. The first kappa shape index (κ1) is 22.6. The van der Waals surface area contributed by atoms with Gasteiger partial charge in [0.2, 0.25) is 10.0 Å². The number of aliphatic imine (C=N–C) groups is 1. The van der Waals surface area contributed by atoms with Crippen molar-refractivity contribution >= 4 is 16.0 Å². The van der Waals surface area contributed by atoms with Crippen molar-refractivity contribution in [3.63, 3.8) is 0 Å². The lowest BCUT2D eigenvalue weighted by molar-refractivity contribution is 0.179. The maximum atomic E-state index is 12.8. The summed E-state index contributed by atoms with van der Waals surface area (Å²) in [6.45, 7) is 9.17. The van der Waals surface area contributed by atoms with Crippen molar-refractivity contribution in [2.75, 3.05) is 33.4 Å².